The minimum Gasteiger partial charge on any atom is -0.446 e. The Labute approximate surface area is 240 Å². The van der Waals surface area contributed by atoms with Crippen LogP contribution >= 0.6 is 0 Å². The van der Waals surface area contributed by atoms with E-state index in [0.717, 1.165) is 5.56 Å². The fourth-order valence-corrected chi connectivity index (χ4v) is 4.90. The third-order valence-electron chi connectivity index (χ3n) is 7.44. The van der Waals surface area contributed by atoms with Gasteiger partial charge in [0.25, 0.3) is 5.91 Å². The van der Waals surface area contributed by atoms with Crippen LogP contribution in [0.1, 0.15) is 61.1 Å². The summed E-state index contributed by atoms with van der Waals surface area (Å²) in [6, 6.07) is 6.42. The van der Waals surface area contributed by atoms with Crippen LogP contribution in [0.15, 0.2) is 41.0 Å². The third-order valence-corrected chi connectivity index (χ3v) is 7.44. The molecular formula is C29H40N6O6. The number of morpholine rings is 1. The van der Waals surface area contributed by atoms with Gasteiger partial charge in [-0.05, 0) is 37.8 Å². The highest BCUT2D eigenvalue weighted by molar-refractivity contribution is 5.93. The fourth-order valence-electron chi connectivity index (χ4n) is 4.90. The minimum absolute atomic E-state index is 0.123. The number of nitrogens with one attached hydrogen (secondary N) is 4. The molecule has 0 spiro atoms. The number of carbonyl (C=O) groups is 4. The molecule has 2 bridgehead atoms. The second kappa shape index (κ2) is 14.2. The van der Waals surface area contributed by atoms with E-state index < -0.39 is 36.0 Å². The Kier molecular flexibility index (Phi) is 10.5. The molecule has 2 aromatic rings. The van der Waals surface area contributed by atoms with Crippen molar-refractivity contribution in [3.8, 4) is 0 Å². The van der Waals surface area contributed by atoms with Gasteiger partial charge in [-0.25, -0.2) is 4.98 Å². The number of nitrogens with zero attached hydrogens (tertiary/aromatic N) is 2. The average molecular weight is 569 g/mol. The molecule has 3 heterocycles. The summed E-state index contributed by atoms with van der Waals surface area (Å²) in [6.45, 7) is 5.54. The second-order valence-corrected chi connectivity index (χ2v) is 10.9. The molecule has 4 amide bonds. The molecule has 41 heavy (non-hydrogen) atoms. The predicted molar refractivity (Wildman–Crippen MR) is 150 cm³/mol. The number of ether oxygens (including phenoxy) is 1. The average Bonchev–Trinajstić information content (AvgIpc) is 3.44. The Morgan fingerprint density at radius 3 is 2.63 bits per heavy atom. The highest BCUT2D eigenvalue weighted by Crippen LogP contribution is 2.22. The molecule has 222 valence electrons. The molecule has 4 N–H and O–H groups in total. The van der Waals surface area contributed by atoms with E-state index in [1.54, 1.807) is 0 Å². The molecular weight excluding hydrogens is 528 g/mol. The van der Waals surface area contributed by atoms with Gasteiger partial charge < -0.3 is 30.4 Å². The van der Waals surface area contributed by atoms with Crippen molar-refractivity contribution in [2.75, 3.05) is 33.4 Å². The Bertz CT molecular complexity index is 1200. The largest absolute Gasteiger partial charge is 0.446 e. The van der Waals surface area contributed by atoms with Crippen molar-refractivity contribution in [1.29, 1.82) is 0 Å². The van der Waals surface area contributed by atoms with Crippen LogP contribution in [0.5, 0.6) is 0 Å². The van der Waals surface area contributed by atoms with Crippen molar-refractivity contribution in [2.45, 2.75) is 63.7 Å². The van der Waals surface area contributed by atoms with Gasteiger partial charge in [0, 0.05) is 19.5 Å². The van der Waals surface area contributed by atoms with Gasteiger partial charge in [0.2, 0.25) is 23.6 Å². The van der Waals surface area contributed by atoms with Gasteiger partial charge >= 0.3 is 0 Å². The van der Waals surface area contributed by atoms with Gasteiger partial charge in [0.05, 0.1) is 13.2 Å². The van der Waals surface area contributed by atoms with E-state index in [1.165, 1.54) is 6.26 Å². The van der Waals surface area contributed by atoms with Crippen molar-refractivity contribution in [2.24, 2.45) is 5.92 Å². The van der Waals surface area contributed by atoms with Gasteiger partial charge in [-0.3, -0.25) is 24.1 Å². The maximum Gasteiger partial charge on any atom is 0.273 e. The first kappa shape index (κ1) is 30.2. The van der Waals surface area contributed by atoms with E-state index in [2.05, 4.69) is 26.3 Å². The summed E-state index contributed by atoms with van der Waals surface area (Å²) in [4.78, 5) is 59.4. The van der Waals surface area contributed by atoms with E-state index >= 15 is 0 Å². The molecule has 1 saturated heterocycles. The normalized spacial score (nSPS) is 25.2. The van der Waals surface area contributed by atoms with Crippen LogP contribution in [0.25, 0.3) is 0 Å². The number of aromatic nitrogens is 1. The zero-order valence-electron chi connectivity index (χ0n) is 23.9. The zero-order valence-corrected chi connectivity index (χ0v) is 23.9. The number of likely N-dealkylation sites (N-methyl/N-ethyl adjacent to an activating group) is 1. The number of hydrogen-bond acceptors (Lipinski definition) is 8. The number of hydrogen-bond donors (Lipinski definition) is 4. The number of benzene rings is 1. The molecule has 1 aromatic carbocycles. The van der Waals surface area contributed by atoms with Crippen LogP contribution in [-0.4, -0.2) is 85.0 Å². The molecule has 1 fully saturated rings. The van der Waals surface area contributed by atoms with Gasteiger partial charge in [0.1, 0.15) is 30.4 Å². The number of fused-ring (bicyclic) bond motifs is 2. The summed E-state index contributed by atoms with van der Waals surface area (Å²) in [5.41, 5.74) is 0.991. The quantitative estimate of drug-likeness (QED) is 0.416. The molecule has 0 saturated carbocycles. The summed E-state index contributed by atoms with van der Waals surface area (Å²) in [5, 5.41) is 11.6. The van der Waals surface area contributed by atoms with E-state index in [0.29, 0.717) is 39.0 Å². The summed E-state index contributed by atoms with van der Waals surface area (Å²) in [5.74, 6) is -1.49. The topological polar surface area (TPSA) is 155 Å². The molecule has 1 aromatic heterocycles. The first-order valence-electron chi connectivity index (χ1n) is 14.2. The number of amides is 4. The summed E-state index contributed by atoms with van der Waals surface area (Å²) in [6.07, 6.45) is 2.97. The Morgan fingerprint density at radius 1 is 1.12 bits per heavy atom. The van der Waals surface area contributed by atoms with Crippen molar-refractivity contribution < 1.29 is 28.3 Å². The van der Waals surface area contributed by atoms with Crippen molar-refractivity contribution >= 4 is 23.6 Å². The third kappa shape index (κ3) is 8.14. The molecule has 0 radical (unpaired) electrons. The van der Waals surface area contributed by atoms with Crippen LogP contribution in [0.3, 0.4) is 0 Å². The van der Waals surface area contributed by atoms with Crippen molar-refractivity contribution in [1.82, 2.24) is 31.2 Å². The molecule has 0 aliphatic carbocycles. The molecule has 4 atom stereocenters. The van der Waals surface area contributed by atoms with Crippen LogP contribution in [0.4, 0.5) is 0 Å². The van der Waals surface area contributed by atoms with Gasteiger partial charge in [-0.1, -0.05) is 44.2 Å². The lowest BCUT2D eigenvalue weighted by atomic mass is 10.0. The lowest BCUT2D eigenvalue weighted by Gasteiger charge is -2.32. The lowest BCUT2D eigenvalue weighted by molar-refractivity contribution is -0.136. The van der Waals surface area contributed by atoms with E-state index in [-0.39, 0.29) is 42.3 Å². The van der Waals surface area contributed by atoms with Gasteiger partial charge in [-0.15, -0.1) is 0 Å². The maximum atomic E-state index is 13.7. The standard InChI is InChI=1S/C29H40N6O6/c1-18(2)24-29-33-22(16-41-29)25(36)30-12-8-7-11-20(31-28(39)23-17-40-14-13-35(23)3)26(37)32-21(27(38)34-24)15-19-9-5-4-6-10-19/h4-6,9-10,16,18,20-21,23-24H,7-8,11-15,17H2,1-3H3,(H,30,36)(H,31,39)(H,32,37)(H,34,38)/t20-,21-,23+,24-/m0/s1. The predicted octanol–water partition coefficient (Wildman–Crippen LogP) is 0.945. The van der Waals surface area contributed by atoms with E-state index in [4.69, 9.17) is 9.15 Å². The van der Waals surface area contributed by atoms with Crippen LogP contribution in [0, 0.1) is 5.92 Å². The fraction of sp³-hybridized carbons (Fsp3) is 0.552. The first-order valence-corrected chi connectivity index (χ1v) is 14.2. The second-order valence-electron chi connectivity index (χ2n) is 10.9. The van der Waals surface area contributed by atoms with E-state index in [1.807, 2.05) is 56.1 Å². The Hall–Kier alpha value is -3.77. The van der Waals surface area contributed by atoms with Gasteiger partial charge in [-0.2, -0.15) is 0 Å². The zero-order chi connectivity index (χ0) is 29.4. The van der Waals surface area contributed by atoms with Crippen LogP contribution in [-0.2, 0) is 25.5 Å². The van der Waals surface area contributed by atoms with Crippen molar-refractivity contribution in [3.05, 3.63) is 53.7 Å². The van der Waals surface area contributed by atoms with Gasteiger partial charge in [0.15, 0.2) is 5.69 Å². The molecule has 4 rings (SSSR count). The SMILES string of the molecule is CC(C)[C@@H]1NC(=O)[C@H](Cc2ccccc2)NC(=O)[C@@H](NC(=O)[C@H]2COCCN2C)CCCCNC(=O)c2coc1n2. The summed E-state index contributed by atoms with van der Waals surface area (Å²) in [7, 11) is 1.84. The highest BCUT2D eigenvalue weighted by Gasteiger charge is 2.33. The van der Waals surface area contributed by atoms with Crippen LogP contribution in [0.2, 0.25) is 0 Å². The molecule has 12 nitrogen and oxygen atoms in total. The first-order chi connectivity index (χ1) is 19.7. The van der Waals surface area contributed by atoms with E-state index in [9.17, 15) is 19.2 Å². The molecule has 2 aliphatic rings. The highest BCUT2D eigenvalue weighted by atomic mass is 16.5. The summed E-state index contributed by atoms with van der Waals surface area (Å²) >= 11 is 0. The molecule has 2 aliphatic heterocycles. The number of oxazole rings is 1. The smallest absolute Gasteiger partial charge is 0.273 e. The summed E-state index contributed by atoms with van der Waals surface area (Å²) < 4.78 is 11.1. The lowest BCUT2D eigenvalue weighted by Crippen LogP contribution is -2.58. The number of rotatable bonds is 5. The maximum absolute atomic E-state index is 13.7. The Balaban J connectivity index is 1.60. The molecule has 0 unspecified atom stereocenters. The number of carbonyl (C=O) groups excluding carboxylic acids is 4. The van der Waals surface area contributed by atoms with Crippen LogP contribution < -0.4 is 21.3 Å². The monoisotopic (exact) mass is 568 g/mol. The van der Waals surface area contributed by atoms with Crippen molar-refractivity contribution in [3.63, 3.8) is 0 Å². The Morgan fingerprint density at radius 2 is 1.90 bits per heavy atom. The molecule has 12 heteroatoms. The minimum atomic E-state index is -0.933.